The van der Waals surface area contributed by atoms with Gasteiger partial charge in [-0.25, -0.2) is 14.8 Å². The fraction of sp³-hybridized carbons (Fsp3) is 0.400. The van der Waals surface area contributed by atoms with E-state index in [0.717, 1.165) is 9.88 Å². The van der Waals surface area contributed by atoms with Gasteiger partial charge in [0, 0.05) is 22.6 Å². The molecule has 0 fully saturated rings. The van der Waals surface area contributed by atoms with Crippen LogP contribution in [0.2, 0.25) is 0 Å². The number of nitrogens with zero attached hydrogens (tertiary/aromatic N) is 2. The number of hydrogen-bond acceptors (Lipinski definition) is 6. The second kappa shape index (κ2) is 6.22. The molecule has 0 aromatic carbocycles. The molecule has 0 atom stereocenters. The number of aromatic nitrogens is 2. The van der Waals surface area contributed by atoms with Crippen LogP contribution in [0.25, 0.3) is 12.2 Å². The molecule has 112 valence electrons. The van der Waals surface area contributed by atoms with Crippen LogP contribution in [0.4, 0.5) is 0 Å². The Kier molecular flexibility index (Phi) is 4.57. The molecule has 0 aliphatic heterocycles. The number of esters is 1. The predicted molar refractivity (Wildman–Crippen MR) is 82.2 cm³/mol. The smallest absolute Gasteiger partial charge is 0.360 e. The maximum Gasteiger partial charge on any atom is 0.360 e. The lowest BCUT2D eigenvalue weighted by atomic mass is 9.98. The summed E-state index contributed by atoms with van der Waals surface area (Å²) in [7, 11) is 0. The van der Waals surface area contributed by atoms with Crippen molar-refractivity contribution in [1.82, 2.24) is 9.97 Å². The van der Waals surface area contributed by atoms with Crippen molar-refractivity contribution in [3.05, 3.63) is 33.9 Å². The zero-order valence-corrected chi connectivity index (χ0v) is 13.4. The number of hydrogen-bond donors (Lipinski definition) is 0. The highest BCUT2D eigenvalue weighted by molar-refractivity contribution is 7.12. The van der Waals surface area contributed by atoms with Crippen molar-refractivity contribution >= 4 is 29.5 Å². The van der Waals surface area contributed by atoms with Gasteiger partial charge in [-0.05, 0) is 13.0 Å². The second-order valence-electron chi connectivity index (χ2n) is 5.44. The summed E-state index contributed by atoms with van der Waals surface area (Å²) in [5.41, 5.74) is 0.215. The molecule has 0 bridgehead atoms. The van der Waals surface area contributed by atoms with Gasteiger partial charge in [-0.2, -0.15) is 0 Å². The van der Waals surface area contributed by atoms with E-state index in [2.05, 4.69) is 30.7 Å². The number of oxazole rings is 1. The standard InChI is InChI=1S/C15H18N2O3S/c1-5-19-13(18)11-9-20-12(17-11)7-6-10-8-16-14(21-10)15(2,3)4/h6-9H,5H2,1-4H3/b7-6+. The summed E-state index contributed by atoms with van der Waals surface area (Å²) in [4.78, 5) is 20.9. The van der Waals surface area contributed by atoms with E-state index in [9.17, 15) is 4.79 Å². The van der Waals surface area contributed by atoms with Crippen molar-refractivity contribution in [3.8, 4) is 0 Å². The first-order chi connectivity index (χ1) is 9.90. The van der Waals surface area contributed by atoms with E-state index >= 15 is 0 Å². The molecule has 0 aliphatic rings. The predicted octanol–water partition coefficient (Wildman–Crippen LogP) is 3.78. The molecule has 6 heteroatoms. The molecule has 5 nitrogen and oxygen atoms in total. The van der Waals surface area contributed by atoms with Crippen LogP contribution < -0.4 is 0 Å². The Labute approximate surface area is 127 Å². The molecule has 0 saturated carbocycles. The molecule has 0 N–H and O–H groups in total. The molecule has 0 unspecified atom stereocenters. The lowest BCUT2D eigenvalue weighted by Gasteiger charge is -2.13. The third kappa shape index (κ3) is 4.01. The summed E-state index contributed by atoms with van der Waals surface area (Å²) in [6.07, 6.45) is 6.69. The summed E-state index contributed by atoms with van der Waals surface area (Å²) in [5, 5.41) is 1.07. The van der Waals surface area contributed by atoms with Gasteiger partial charge in [-0.1, -0.05) is 20.8 Å². The third-order valence-corrected chi connectivity index (χ3v) is 3.95. The first kappa shape index (κ1) is 15.4. The highest BCUT2D eigenvalue weighted by atomic mass is 32.1. The summed E-state index contributed by atoms with van der Waals surface area (Å²) in [6, 6.07) is 0. The van der Waals surface area contributed by atoms with Crippen LogP contribution in [0.15, 0.2) is 16.9 Å². The molecule has 2 aromatic heterocycles. The average molecular weight is 306 g/mol. The van der Waals surface area contributed by atoms with E-state index in [1.165, 1.54) is 6.26 Å². The zero-order chi connectivity index (χ0) is 15.5. The monoisotopic (exact) mass is 306 g/mol. The van der Waals surface area contributed by atoms with E-state index in [4.69, 9.17) is 9.15 Å². The number of thiazole rings is 1. The van der Waals surface area contributed by atoms with Crippen molar-refractivity contribution in [3.63, 3.8) is 0 Å². The van der Waals surface area contributed by atoms with Gasteiger partial charge >= 0.3 is 5.97 Å². The Balaban J connectivity index is 2.08. The SMILES string of the molecule is CCOC(=O)c1coc(/C=C/c2cnc(C(C)(C)C)s2)n1. The van der Waals surface area contributed by atoms with Gasteiger partial charge in [0.1, 0.15) is 6.26 Å². The largest absolute Gasteiger partial charge is 0.461 e. The lowest BCUT2D eigenvalue weighted by molar-refractivity contribution is 0.0519. The van der Waals surface area contributed by atoms with E-state index in [1.54, 1.807) is 24.3 Å². The average Bonchev–Trinajstić information content (AvgIpc) is 3.05. The van der Waals surface area contributed by atoms with Crippen LogP contribution in [0, 0.1) is 0 Å². The van der Waals surface area contributed by atoms with Crippen molar-refractivity contribution in [2.45, 2.75) is 33.1 Å². The van der Waals surface area contributed by atoms with Crippen LogP contribution >= 0.6 is 11.3 Å². The summed E-state index contributed by atoms with van der Waals surface area (Å²) in [6.45, 7) is 8.43. The first-order valence-corrected chi connectivity index (χ1v) is 7.49. The molecule has 0 amide bonds. The number of carbonyl (C=O) groups excluding carboxylic acids is 1. The maximum atomic E-state index is 11.5. The number of ether oxygens (including phenoxy) is 1. The molecular formula is C15H18N2O3S. The van der Waals surface area contributed by atoms with Crippen LogP contribution in [0.3, 0.4) is 0 Å². The Bertz CT molecular complexity index is 650. The Morgan fingerprint density at radius 1 is 1.43 bits per heavy atom. The first-order valence-electron chi connectivity index (χ1n) is 6.67. The van der Waals surface area contributed by atoms with E-state index in [-0.39, 0.29) is 11.1 Å². The van der Waals surface area contributed by atoms with Gasteiger partial charge < -0.3 is 9.15 Å². The van der Waals surface area contributed by atoms with E-state index in [1.807, 2.05) is 12.3 Å². The summed E-state index contributed by atoms with van der Waals surface area (Å²) >= 11 is 1.62. The highest BCUT2D eigenvalue weighted by Crippen LogP contribution is 2.27. The van der Waals surface area contributed by atoms with Crippen LogP contribution in [0.1, 0.15) is 54.0 Å². The molecule has 0 saturated heterocycles. The minimum atomic E-state index is -0.478. The molecule has 21 heavy (non-hydrogen) atoms. The highest BCUT2D eigenvalue weighted by Gasteiger charge is 2.17. The zero-order valence-electron chi connectivity index (χ0n) is 12.5. The van der Waals surface area contributed by atoms with Gasteiger partial charge in [0.25, 0.3) is 0 Å². The summed E-state index contributed by atoms with van der Waals surface area (Å²) < 4.78 is 10.1. The van der Waals surface area contributed by atoms with Crippen molar-refractivity contribution in [2.75, 3.05) is 6.61 Å². The second-order valence-corrected chi connectivity index (χ2v) is 6.50. The van der Waals surface area contributed by atoms with E-state index < -0.39 is 5.97 Å². The van der Waals surface area contributed by atoms with Gasteiger partial charge in [-0.15, -0.1) is 11.3 Å². The van der Waals surface area contributed by atoms with Crippen LogP contribution in [0.5, 0.6) is 0 Å². The quantitative estimate of drug-likeness (QED) is 0.804. The molecule has 0 spiro atoms. The Morgan fingerprint density at radius 3 is 2.81 bits per heavy atom. The molecule has 0 radical (unpaired) electrons. The molecule has 2 rings (SSSR count). The fourth-order valence-electron chi connectivity index (χ4n) is 1.53. The number of carbonyl (C=O) groups is 1. The normalized spacial score (nSPS) is 12.0. The van der Waals surface area contributed by atoms with Gasteiger partial charge in [0.05, 0.1) is 11.6 Å². The van der Waals surface area contributed by atoms with Crippen molar-refractivity contribution in [1.29, 1.82) is 0 Å². The van der Waals surface area contributed by atoms with Gasteiger partial charge in [0.15, 0.2) is 5.69 Å². The molecule has 2 heterocycles. The minimum Gasteiger partial charge on any atom is -0.461 e. The fourth-order valence-corrected chi connectivity index (χ4v) is 2.40. The van der Waals surface area contributed by atoms with E-state index in [0.29, 0.717) is 12.5 Å². The van der Waals surface area contributed by atoms with Crippen molar-refractivity contribution in [2.24, 2.45) is 0 Å². The lowest BCUT2D eigenvalue weighted by Crippen LogP contribution is -2.09. The Hall–Kier alpha value is -1.95. The summed E-state index contributed by atoms with van der Waals surface area (Å²) in [5.74, 6) is -0.113. The van der Waals surface area contributed by atoms with Gasteiger partial charge in [-0.3, -0.25) is 0 Å². The molecule has 0 aliphatic carbocycles. The van der Waals surface area contributed by atoms with Crippen LogP contribution in [-0.4, -0.2) is 22.5 Å². The molecular weight excluding hydrogens is 288 g/mol. The van der Waals surface area contributed by atoms with Crippen LogP contribution in [-0.2, 0) is 10.2 Å². The van der Waals surface area contributed by atoms with Crippen molar-refractivity contribution < 1.29 is 13.9 Å². The van der Waals surface area contributed by atoms with Gasteiger partial charge in [0.2, 0.25) is 5.89 Å². The molecule has 2 aromatic rings. The topological polar surface area (TPSA) is 65.2 Å². The number of rotatable bonds is 4. The third-order valence-electron chi connectivity index (χ3n) is 2.56. The minimum absolute atomic E-state index is 0.0385. The maximum absolute atomic E-state index is 11.5. The Morgan fingerprint density at radius 2 is 2.19 bits per heavy atom.